The molecule has 14 heavy (non-hydrogen) atoms. The maximum absolute atomic E-state index is 10.4. The monoisotopic (exact) mass is 306 g/mol. The predicted molar refractivity (Wildman–Crippen MR) is 61.7 cm³/mol. The second kappa shape index (κ2) is 5.74. The minimum Gasteiger partial charge on any atom is -0.370 e. The van der Waals surface area contributed by atoms with Gasteiger partial charge in [-0.1, -0.05) is 0 Å². The molecule has 0 saturated carbocycles. The van der Waals surface area contributed by atoms with Crippen LogP contribution in [0.1, 0.15) is 12.8 Å². The summed E-state index contributed by atoms with van der Waals surface area (Å²) in [5.41, 5.74) is 4.99. The Balaban J connectivity index is 2.25. The molecule has 1 heterocycles. The number of nitrogens with two attached hydrogens (primary N) is 1. The van der Waals surface area contributed by atoms with E-state index in [1.165, 1.54) is 0 Å². The topological polar surface area (TPSA) is 80.9 Å². The molecule has 0 aromatic carbocycles. The van der Waals surface area contributed by atoms with Crippen molar-refractivity contribution in [2.75, 3.05) is 11.9 Å². The number of rotatable bonds is 5. The molecule has 5 nitrogen and oxygen atoms in total. The third-order valence-electron chi connectivity index (χ3n) is 1.50. The van der Waals surface area contributed by atoms with Crippen molar-refractivity contribution in [3.05, 3.63) is 16.0 Å². The van der Waals surface area contributed by atoms with Crippen molar-refractivity contribution in [3.8, 4) is 0 Å². The molecule has 76 valence electrons. The van der Waals surface area contributed by atoms with E-state index in [4.69, 9.17) is 5.73 Å². The Bertz CT molecular complexity index is 301. The molecule has 0 atom stereocenters. The molecule has 0 aliphatic heterocycles. The summed E-state index contributed by atoms with van der Waals surface area (Å²) in [4.78, 5) is 18.5. The summed E-state index contributed by atoms with van der Waals surface area (Å²) < 4.78 is 0.991. The van der Waals surface area contributed by atoms with Crippen LogP contribution in [0.5, 0.6) is 0 Å². The normalized spacial score (nSPS) is 9.79. The van der Waals surface area contributed by atoms with Gasteiger partial charge in [-0.05, 0) is 29.0 Å². The molecule has 1 amide bonds. The Labute approximate surface area is 95.6 Å². The number of carbonyl (C=O) groups excluding carboxylic acids is 1. The van der Waals surface area contributed by atoms with Gasteiger partial charge in [-0.25, -0.2) is 9.97 Å². The molecule has 0 bridgehead atoms. The van der Waals surface area contributed by atoms with Crippen LogP contribution in [0.4, 0.5) is 5.95 Å². The lowest BCUT2D eigenvalue weighted by atomic mass is 10.3. The van der Waals surface area contributed by atoms with Crippen molar-refractivity contribution in [2.45, 2.75) is 12.8 Å². The van der Waals surface area contributed by atoms with Gasteiger partial charge in [-0.15, -0.1) is 0 Å². The Morgan fingerprint density at radius 2 is 2.14 bits per heavy atom. The van der Waals surface area contributed by atoms with Crippen LogP contribution in [-0.4, -0.2) is 22.4 Å². The van der Waals surface area contributed by atoms with E-state index >= 15 is 0 Å². The maximum Gasteiger partial charge on any atom is 0.222 e. The minimum atomic E-state index is -0.282. The predicted octanol–water partition coefficient (Wildman–Crippen LogP) is 0.759. The zero-order valence-corrected chi connectivity index (χ0v) is 9.69. The molecule has 3 N–H and O–H groups in total. The number of hydrogen-bond donors (Lipinski definition) is 2. The summed E-state index contributed by atoms with van der Waals surface area (Å²) in [6.07, 6.45) is 4.54. The molecule has 0 radical (unpaired) electrons. The summed E-state index contributed by atoms with van der Waals surface area (Å²) in [6, 6.07) is 0. The van der Waals surface area contributed by atoms with E-state index < -0.39 is 0 Å². The van der Waals surface area contributed by atoms with E-state index in [2.05, 4.69) is 37.9 Å². The van der Waals surface area contributed by atoms with E-state index in [1.54, 1.807) is 12.4 Å². The summed E-state index contributed by atoms with van der Waals surface area (Å²) in [5, 5.41) is 2.99. The first-order valence-electron chi connectivity index (χ1n) is 4.18. The number of nitrogens with zero attached hydrogens (tertiary/aromatic N) is 2. The van der Waals surface area contributed by atoms with Gasteiger partial charge in [0, 0.05) is 28.9 Å². The fourth-order valence-electron chi connectivity index (χ4n) is 0.866. The van der Waals surface area contributed by atoms with Gasteiger partial charge in [0.2, 0.25) is 11.9 Å². The van der Waals surface area contributed by atoms with Gasteiger partial charge >= 0.3 is 0 Å². The average molecular weight is 306 g/mol. The number of halogens is 1. The number of primary amides is 1. The molecule has 0 saturated heterocycles. The molecule has 1 rings (SSSR count). The first-order valence-corrected chi connectivity index (χ1v) is 5.26. The van der Waals surface area contributed by atoms with Crippen molar-refractivity contribution >= 4 is 34.4 Å². The van der Waals surface area contributed by atoms with Crippen LogP contribution in [0.3, 0.4) is 0 Å². The minimum absolute atomic E-state index is 0.282. The van der Waals surface area contributed by atoms with Crippen LogP contribution in [0.15, 0.2) is 12.4 Å². The molecule has 0 aliphatic rings. The van der Waals surface area contributed by atoms with E-state index in [1.807, 2.05) is 0 Å². The highest BCUT2D eigenvalue weighted by molar-refractivity contribution is 14.1. The second-order valence-electron chi connectivity index (χ2n) is 2.72. The molecule has 1 aromatic heterocycles. The average Bonchev–Trinajstić information content (AvgIpc) is 2.15. The van der Waals surface area contributed by atoms with Crippen molar-refractivity contribution in [3.63, 3.8) is 0 Å². The molecule has 0 unspecified atom stereocenters. The fourth-order valence-corrected chi connectivity index (χ4v) is 1.14. The highest BCUT2D eigenvalue weighted by Gasteiger charge is 1.96. The lowest BCUT2D eigenvalue weighted by Crippen LogP contribution is -2.13. The Morgan fingerprint density at radius 3 is 2.71 bits per heavy atom. The summed E-state index contributed by atoms with van der Waals surface area (Å²) in [5.74, 6) is 0.296. The van der Waals surface area contributed by atoms with Crippen LogP contribution < -0.4 is 11.1 Å². The Kier molecular flexibility index (Phi) is 4.57. The number of hydrogen-bond acceptors (Lipinski definition) is 4. The van der Waals surface area contributed by atoms with Gasteiger partial charge in [0.1, 0.15) is 0 Å². The lowest BCUT2D eigenvalue weighted by molar-refractivity contribution is -0.118. The van der Waals surface area contributed by atoms with E-state index in [9.17, 15) is 4.79 Å². The van der Waals surface area contributed by atoms with E-state index in [0.29, 0.717) is 25.3 Å². The molecular weight excluding hydrogens is 295 g/mol. The number of aromatic nitrogens is 2. The highest BCUT2D eigenvalue weighted by Crippen LogP contribution is 2.02. The van der Waals surface area contributed by atoms with Gasteiger partial charge < -0.3 is 11.1 Å². The third kappa shape index (κ3) is 4.35. The van der Waals surface area contributed by atoms with Gasteiger partial charge in [-0.3, -0.25) is 4.79 Å². The quantitative estimate of drug-likeness (QED) is 0.621. The van der Waals surface area contributed by atoms with Crippen LogP contribution in [0, 0.1) is 3.57 Å². The van der Waals surface area contributed by atoms with Gasteiger partial charge in [0.05, 0.1) is 0 Å². The zero-order chi connectivity index (χ0) is 10.4. The van der Waals surface area contributed by atoms with Crippen LogP contribution in [-0.2, 0) is 4.79 Å². The van der Waals surface area contributed by atoms with Gasteiger partial charge in [-0.2, -0.15) is 0 Å². The van der Waals surface area contributed by atoms with E-state index in [-0.39, 0.29) is 5.91 Å². The van der Waals surface area contributed by atoms with Gasteiger partial charge in [0.25, 0.3) is 0 Å². The number of carbonyl (C=O) groups is 1. The number of amides is 1. The molecule has 0 fully saturated rings. The highest BCUT2D eigenvalue weighted by atomic mass is 127. The smallest absolute Gasteiger partial charge is 0.222 e. The third-order valence-corrected chi connectivity index (χ3v) is 2.06. The van der Waals surface area contributed by atoms with Crippen molar-refractivity contribution in [1.29, 1.82) is 0 Å². The van der Waals surface area contributed by atoms with Crippen molar-refractivity contribution in [1.82, 2.24) is 9.97 Å². The molecular formula is C8H11IN4O. The molecule has 0 aliphatic carbocycles. The Hall–Kier alpha value is -0.920. The molecule has 6 heteroatoms. The largest absolute Gasteiger partial charge is 0.370 e. The summed E-state index contributed by atoms with van der Waals surface area (Å²) in [6.45, 7) is 0.656. The van der Waals surface area contributed by atoms with Gasteiger partial charge in [0.15, 0.2) is 0 Å². The lowest BCUT2D eigenvalue weighted by Gasteiger charge is -2.02. The standard InChI is InChI=1S/C8H11IN4O/c9-6-4-12-8(13-5-6)11-3-1-2-7(10)14/h4-5H,1-3H2,(H2,10,14)(H,11,12,13). The number of anilines is 1. The SMILES string of the molecule is NC(=O)CCCNc1ncc(I)cn1. The first kappa shape index (κ1) is 11.2. The second-order valence-corrected chi connectivity index (χ2v) is 3.97. The molecule has 0 spiro atoms. The van der Waals surface area contributed by atoms with Crippen LogP contribution >= 0.6 is 22.6 Å². The first-order chi connectivity index (χ1) is 6.68. The van der Waals surface area contributed by atoms with Crippen LogP contribution in [0.25, 0.3) is 0 Å². The zero-order valence-electron chi connectivity index (χ0n) is 7.53. The number of nitrogens with one attached hydrogen (secondary N) is 1. The van der Waals surface area contributed by atoms with Crippen LogP contribution in [0.2, 0.25) is 0 Å². The molecule has 1 aromatic rings. The Morgan fingerprint density at radius 1 is 1.50 bits per heavy atom. The van der Waals surface area contributed by atoms with E-state index in [0.717, 1.165) is 3.57 Å². The maximum atomic E-state index is 10.4. The summed E-state index contributed by atoms with van der Waals surface area (Å²) in [7, 11) is 0. The summed E-state index contributed by atoms with van der Waals surface area (Å²) >= 11 is 2.14. The van der Waals surface area contributed by atoms with Crippen molar-refractivity contribution < 1.29 is 4.79 Å². The fraction of sp³-hybridized carbons (Fsp3) is 0.375. The van der Waals surface area contributed by atoms with Crippen molar-refractivity contribution in [2.24, 2.45) is 5.73 Å².